The number of nitrogens with one attached hydrogen (secondary N) is 1. The van der Waals surface area contributed by atoms with Crippen LogP contribution in [-0.4, -0.2) is 39.0 Å². The summed E-state index contributed by atoms with van der Waals surface area (Å²) < 4.78 is 12.0. The van der Waals surface area contributed by atoms with Gasteiger partial charge in [0.1, 0.15) is 19.0 Å². The Morgan fingerprint density at radius 3 is 2.77 bits per heavy atom. The van der Waals surface area contributed by atoms with Crippen molar-refractivity contribution in [2.75, 3.05) is 24.3 Å². The van der Waals surface area contributed by atoms with Gasteiger partial charge in [-0.05, 0) is 30.3 Å². The number of carbonyl (C=O) groups is 1. The number of aromatic nitrogens is 3. The molecule has 0 bridgehead atoms. The van der Waals surface area contributed by atoms with E-state index in [2.05, 4.69) is 15.4 Å². The molecule has 0 saturated carbocycles. The molecule has 0 saturated heterocycles. The standard InChI is InChI=1S/C17H15N5O4/c18-16-20-17(19-11-4-5-13-14(9-11)26-7-6-25-13)21-22(16)15(24)10-2-1-3-12(23)8-10/h1-5,8-9,23H,6-7H2,(H3,18,19,20,21). The smallest absolute Gasteiger partial charge is 0.281 e. The Morgan fingerprint density at radius 1 is 1.15 bits per heavy atom. The molecule has 2 heterocycles. The number of nitrogens with zero attached hydrogens (tertiary/aromatic N) is 3. The van der Waals surface area contributed by atoms with Crippen LogP contribution in [0.1, 0.15) is 10.4 Å². The third-order valence-electron chi connectivity index (χ3n) is 3.72. The van der Waals surface area contributed by atoms with E-state index < -0.39 is 5.91 Å². The molecule has 0 amide bonds. The Labute approximate surface area is 148 Å². The summed E-state index contributed by atoms with van der Waals surface area (Å²) in [6.45, 7) is 0.994. The molecule has 26 heavy (non-hydrogen) atoms. The quantitative estimate of drug-likeness (QED) is 0.651. The topological polar surface area (TPSA) is 125 Å². The minimum absolute atomic E-state index is 0.0239. The van der Waals surface area contributed by atoms with Gasteiger partial charge in [0.05, 0.1) is 0 Å². The molecule has 0 unspecified atom stereocenters. The van der Waals surface area contributed by atoms with Crippen LogP contribution in [0.3, 0.4) is 0 Å². The van der Waals surface area contributed by atoms with Crippen molar-refractivity contribution in [1.29, 1.82) is 0 Å². The second-order valence-electron chi connectivity index (χ2n) is 5.54. The van der Waals surface area contributed by atoms with Gasteiger partial charge >= 0.3 is 0 Å². The molecule has 3 aromatic rings. The molecule has 4 rings (SSSR count). The number of hydrogen-bond acceptors (Lipinski definition) is 8. The monoisotopic (exact) mass is 353 g/mol. The van der Waals surface area contributed by atoms with E-state index in [1.807, 2.05) is 0 Å². The van der Waals surface area contributed by atoms with E-state index in [9.17, 15) is 9.90 Å². The lowest BCUT2D eigenvalue weighted by Gasteiger charge is -2.18. The van der Waals surface area contributed by atoms with Crippen molar-refractivity contribution in [2.45, 2.75) is 0 Å². The van der Waals surface area contributed by atoms with E-state index in [1.54, 1.807) is 30.3 Å². The number of nitrogens with two attached hydrogens (primary N) is 1. The van der Waals surface area contributed by atoms with Gasteiger partial charge in [-0.25, -0.2) is 0 Å². The minimum Gasteiger partial charge on any atom is -0.508 e. The molecule has 9 heteroatoms. The maximum absolute atomic E-state index is 12.5. The van der Waals surface area contributed by atoms with Crippen molar-refractivity contribution in [1.82, 2.24) is 14.8 Å². The number of nitrogen functional groups attached to an aromatic ring is 1. The summed E-state index contributed by atoms with van der Waals surface area (Å²) in [5.41, 5.74) is 6.71. The Balaban J connectivity index is 1.58. The van der Waals surface area contributed by atoms with Crippen LogP contribution in [-0.2, 0) is 0 Å². The molecule has 4 N–H and O–H groups in total. The number of benzene rings is 2. The average Bonchev–Trinajstić information content (AvgIpc) is 3.01. The van der Waals surface area contributed by atoms with E-state index in [-0.39, 0.29) is 23.2 Å². The van der Waals surface area contributed by atoms with Crippen LogP contribution in [0.5, 0.6) is 17.2 Å². The van der Waals surface area contributed by atoms with Crippen molar-refractivity contribution < 1.29 is 19.4 Å². The lowest BCUT2D eigenvalue weighted by molar-refractivity contribution is 0.0947. The predicted molar refractivity (Wildman–Crippen MR) is 93.0 cm³/mol. The summed E-state index contributed by atoms with van der Waals surface area (Å²) in [5.74, 6) is 0.847. The first kappa shape index (κ1) is 15.8. The number of anilines is 3. The SMILES string of the molecule is Nc1nc(Nc2ccc3c(c2)OCCO3)nn1C(=O)c1cccc(O)c1. The van der Waals surface area contributed by atoms with Gasteiger partial charge in [-0.3, -0.25) is 4.79 Å². The van der Waals surface area contributed by atoms with Crippen LogP contribution in [0.4, 0.5) is 17.6 Å². The van der Waals surface area contributed by atoms with E-state index in [0.29, 0.717) is 30.4 Å². The Kier molecular flexibility index (Phi) is 3.81. The average molecular weight is 353 g/mol. The highest BCUT2D eigenvalue weighted by molar-refractivity contribution is 5.97. The van der Waals surface area contributed by atoms with Gasteiger partial charge in [0.2, 0.25) is 11.9 Å². The maximum atomic E-state index is 12.5. The molecule has 0 spiro atoms. The van der Waals surface area contributed by atoms with Crippen molar-refractivity contribution in [3.8, 4) is 17.2 Å². The molecule has 132 valence electrons. The van der Waals surface area contributed by atoms with Gasteiger partial charge in [0, 0.05) is 17.3 Å². The fourth-order valence-corrected chi connectivity index (χ4v) is 2.54. The van der Waals surface area contributed by atoms with Gasteiger partial charge in [-0.2, -0.15) is 9.67 Å². The zero-order chi connectivity index (χ0) is 18.1. The number of carbonyl (C=O) groups excluding carboxylic acids is 1. The summed E-state index contributed by atoms with van der Waals surface area (Å²) >= 11 is 0. The number of ether oxygens (including phenoxy) is 2. The summed E-state index contributed by atoms with van der Waals surface area (Å²) in [7, 11) is 0. The molecule has 9 nitrogen and oxygen atoms in total. The lowest BCUT2D eigenvalue weighted by atomic mass is 10.2. The number of hydrogen-bond donors (Lipinski definition) is 3. The summed E-state index contributed by atoms with van der Waals surface area (Å²) in [6, 6.07) is 11.2. The number of phenolic OH excluding ortho intramolecular Hbond substituents is 1. The number of fused-ring (bicyclic) bond motifs is 1. The predicted octanol–water partition coefficient (Wildman–Crippen LogP) is 1.77. The molecule has 1 aromatic heterocycles. The highest BCUT2D eigenvalue weighted by Crippen LogP contribution is 2.33. The first-order chi connectivity index (χ1) is 12.6. The van der Waals surface area contributed by atoms with Crippen LogP contribution in [0.2, 0.25) is 0 Å². The second kappa shape index (κ2) is 6.28. The van der Waals surface area contributed by atoms with Crippen LogP contribution >= 0.6 is 0 Å². The van der Waals surface area contributed by atoms with Gasteiger partial charge in [-0.1, -0.05) is 6.07 Å². The molecule has 0 aliphatic carbocycles. The largest absolute Gasteiger partial charge is 0.508 e. The van der Waals surface area contributed by atoms with Gasteiger partial charge in [-0.15, -0.1) is 5.10 Å². The first-order valence-electron chi connectivity index (χ1n) is 7.83. The number of phenols is 1. The Bertz CT molecular complexity index is 985. The second-order valence-corrected chi connectivity index (χ2v) is 5.54. The summed E-state index contributed by atoms with van der Waals surface area (Å²) in [6.07, 6.45) is 0. The Hall–Kier alpha value is -3.75. The van der Waals surface area contributed by atoms with Crippen LogP contribution in [0.25, 0.3) is 0 Å². The summed E-state index contributed by atoms with van der Waals surface area (Å²) in [4.78, 5) is 16.5. The van der Waals surface area contributed by atoms with E-state index in [4.69, 9.17) is 15.2 Å². The lowest BCUT2D eigenvalue weighted by Crippen LogP contribution is -2.16. The van der Waals surface area contributed by atoms with Crippen molar-refractivity contribution in [2.24, 2.45) is 0 Å². The summed E-state index contributed by atoms with van der Waals surface area (Å²) in [5, 5.41) is 16.6. The highest BCUT2D eigenvalue weighted by atomic mass is 16.6. The molecule has 0 atom stereocenters. The van der Waals surface area contributed by atoms with E-state index in [0.717, 1.165) is 4.68 Å². The van der Waals surface area contributed by atoms with Gasteiger partial charge < -0.3 is 25.6 Å². The van der Waals surface area contributed by atoms with Crippen LogP contribution in [0.15, 0.2) is 42.5 Å². The highest BCUT2D eigenvalue weighted by Gasteiger charge is 2.17. The third-order valence-corrected chi connectivity index (χ3v) is 3.72. The normalized spacial score (nSPS) is 12.6. The van der Waals surface area contributed by atoms with E-state index in [1.165, 1.54) is 12.1 Å². The van der Waals surface area contributed by atoms with Crippen LogP contribution < -0.4 is 20.5 Å². The fraction of sp³-hybridized carbons (Fsp3) is 0.118. The number of aromatic hydroxyl groups is 1. The Morgan fingerprint density at radius 2 is 1.96 bits per heavy atom. The maximum Gasteiger partial charge on any atom is 0.281 e. The van der Waals surface area contributed by atoms with Crippen molar-refractivity contribution in [3.63, 3.8) is 0 Å². The molecule has 1 aliphatic rings. The molecule has 0 fully saturated rings. The molecular formula is C17H15N5O4. The van der Waals surface area contributed by atoms with Crippen molar-refractivity contribution >= 4 is 23.5 Å². The third kappa shape index (κ3) is 2.97. The van der Waals surface area contributed by atoms with Crippen LogP contribution in [0, 0.1) is 0 Å². The molecular weight excluding hydrogens is 338 g/mol. The zero-order valence-electron chi connectivity index (χ0n) is 13.5. The molecule has 0 radical (unpaired) electrons. The van der Waals surface area contributed by atoms with Crippen molar-refractivity contribution in [3.05, 3.63) is 48.0 Å². The zero-order valence-corrected chi connectivity index (χ0v) is 13.5. The van der Waals surface area contributed by atoms with Gasteiger partial charge in [0.25, 0.3) is 5.91 Å². The van der Waals surface area contributed by atoms with E-state index >= 15 is 0 Å². The first-order valence-corrected chi connectivity index (χ1v) is 7.83. The molecule has 2 aromatic carbocycles. The molecule has 1 aliphatic heterocycles. The fourth-order valence-electron chi connectivity index (χ4n) is 2.54. The minimum atomic E-state index is -0.499. The number of rotatable bonds is 3. The van der Waals surface area contributed by atoms with Gasteiger partial charge in [0.15, 0.2) is 11.5 Å².